The molecule has 0 aromatic carbocycles. The van der Waals surface area contributed by atoms with Gasteiger partial charge in [-0.1, -0.05) is 0 Å². The Morgan fingerprint density at radius 3 is 2.76 bits per heavy atom. The predicted octanol–water partition coefficient (Wildman–Crippen LogP) is 1.39. The fraction of sp³-hybridized carbons (Fsp3) is 0.667. The number of rotatable bonds is 2. The Bertz CT molecular complexity index is 341. The van der Waals surface area contributed by atoms with Crippen LogP contribution in [0.5, 0.6) is 0 Å². The number of halogens is 1. The summed E-state index contributed by atoms with van der Waals surface area (Å²) in [7, 11) is 0. The number of aromatic nitrogens is 2. The summed E-state index contributed by atoms with van der Waals surface area (Å²) in [5, 5.41) is 3.48. The third kappa shape index (κ3) is 3.91. The van der Waals surface area contributed by atoms with Gasteiger partial charge < -0.3 is 5.32 Å². The first-order chi connectivity index (χ1) is 7.65. The molecule has 1 N–H and O–H groups in total. The van der Waals surface area contributed by atoms with Crippen LogP contribution in [-0.2, 0) is 6.54 Å². The molecule has 2 atom stereocenters. The van der Waals surface area contributed by atoms with Crippen LogP contribution in [0.4, 0.5) is 0 Å². The van der Waals surface area contributed by atoms with Crippen LogP contribution in [0.1, 0.15) is 25.2 Å². The first kappa shape index (κ1) is 14.4. The summed E-state index contributed by atoms with van der Waals surface area (Å²) in [6.45, 7) is 9.48. The SMILES string of the molecule is Cc1cnc(CN2CC(C)NCC2C)cn1.Cl. The first-order valence-corrected chi connectivity index (χ1v) is 5.90. The zero-order chi connectivity index (χ0) is 11.5. The Balaban J connectivity index is 0.00000144. The molecule has 0 radical (unpaired) electrons. The number of piperazine rings is 1. The highest BCUT2D eigenvalue weighted by atomic mass is 35.5. The normalized spacial score (nSPS) is 25.4. The number of hydrogen-bond acceptors (Lipinski definition) is 4. The average Bonchev–Trinajstić information content (AvgIpc) is 2.27. The molecule has 5 heteroatoms. The van der Waals surface area contributed by atoms with E-state index in [-0.39, 0.29) is 12.4 Å². The zero-order valence-electron chi connectivity index (χ0n) is 10.7. The van der Waals surface area contributed by atoms with E-state index in [9.17, 15) is 0 Å². The van der Waals surface area contributed by atoms with E-state index in [1.165, 1.54) is 0 Å². The van der Waals surface area contributed by atoms with Gasteiger partial charge in [0.05, 0.1) is 11.4 Å². The molecule has 0 aliphatic carbocycles. The van der Waals surface area contributed by atoms with Crippen LogP contribution in [0.3, 0.4) is 0 Å². The van der Waals surface area contributed by atoms with Crippen LogP contribution in [-0.4, -0.2) is 40.0 Å². The lowest BCUT2D eigenvalue weighted by molar-refractivity contribution is 0.137. The Labute approximate surface area is 109 Å². The average molecular weight is 257 g/mol. The molecule has 1 aromatic heterocycles. The standard InChI is InChI=1S/C12H20N4.ClH/c1-9-4-15-12(6-14-9)8-16-7-10(2)13-5-11(16)3;/h4,6,10-11,13H,5,7-8H2,1-3H3;1H. The van der Waals surface area contributed by atoms with Crippen LogP contribution in [0.2, 0.25) is 0 Å². The van der Waals surface area contributed by atoms with Crippen LogP contribution in [0.25, 0.3) is 0 Å². The molecule has 2 heterocycles. The van der Waals surface area contributed by atoms with Crippen LogP contribution >= 0.6 is 12.4 Å². The van der Waals surface area contributed by atoms with E-state index in [0.29, 0.717) is 12.1 Å². The summed E-state index contributed by atoms with van der Waals surface area (Å²) in [6, 6.07) is 1.13. The van der Waals surface area contributed by atoms with Crippen molar-refractivity contribution in [1.82, 2.24) is 20.2 Å². The van der Waals surface area contributed by atoms with Crippen molar-refractivity contribution in [3.63, 3.8) is 0 Å². The molecule has 1 aromatic rings. The summed E-state index contributed by atoms with van der Waals surface area (Å²) in [5.74, 6) is 0. The van der Waals surface area contributed by atoms with Crippen LogP contribution in [0, 0.1) is 6.92 Å². The fourth-order valence-electron chi connectivity index (χ4n) is 2.03. The van der Waals surface area contributed by atoms with Gasteiger partial charge in [-0.3, -0.25) is 14.9 Å². The Morgan fingerprint density at radius 1 is 1.35 bits per heavy atom. The molecular formula is C12H21ClN4. The molecule has 0 bridgehead atoms. The Hall–Kier alpha value is -0.710. The molecule has 1 aliphatic rings. The smallest absolute Gasteiger partial charge is 0.0727 e. The summed E-state index contributed by atoms with van der Waals surface area (Å²) in [5.41, 5.74) is 2.04. The molecule has 2 rings (SSSR count). The van der Waals surface area contributed by atoms with Gasteiger partial charge in [0, 0.05) is 44.1 Å². The molecule has 1 fully saturated rings. The number of hydrogen-bond donors (Lipinski definition) is 1. The molecule has 2 unspecified atom stereocenters. The molecule has 0 amide bonds. The van der Waals surface area contributed by atoms with E-state index >= 15 is 0 Å². The minimum Gasteiger partial charge on any atom is -0.311 e. The molecule has 1 saturated heterocycles. The van der Waals surface area contributed by atoms with Crippen molar-refractivity contribution < 1.29 is 0 Å². The maximum absolute atomic E-state index is 4.41. The first-order valence-electron chi connectivity index (χ1n) is 5.90. The van der Waals surface area contributed by atoms with Crippen molar-refractivity contribution >= 4 is 12.4 Å². The largest absolute Gasteiger partial charge is 0.311 e. The quantitative estimate of drug-likeness (QED) is 0.868. The van der Waals surface area contributed by atoms with Gasteiger partial charge in [-0.25, -0.2) is 0 Å². The molecule has 0 saturated carbocycles. The summed E-state index contributed by atoms with van der Waals surface area (Å²) in [6.07, 6.45) is 3.72. The molecular weight excluding hydrogens is 236 g/mol. The van der Waals surface area contributed by atoms with Crippen molar-refractivity contribution in [2.75, 3.05) is 13.1 Å². The lowest BCUT2D eigenvalue weighted by atomic mass is 10.1. The highest BCUT2D eigenvalue weighted by Crippen LogP contribution is 2.10. The van der Waals surface area contributed by atoms with E-state index in [0.717, 1.165) is 31.0 Å². The van der Waals surface area contributed by atoms with Crippen molar-refractivity contribution in [2.45, 2.75) is 39.4 Å². The zero-order valence-corrected chi connectivity index (χ0v) is 11.5. The van der Waals surface area contributed by atoms with Crippen molar-refractivity contribution in [1.29, 1.82) is 0 Å². The van der Waals surface area contributed by atoms with Gasteiger partial charge in [-0.2, -0.15) is 0 Å². The molecule has 4 nitrogen and oxygen atoms in total. The molecule has 1 aliphatic heterocycles. The molecule has 0 spiro atoms. The van der Waals surface area contributed by atoms with E-state index in [4.69, 9.17) is 0 Å². The van der Waals surface area contributed by atoms with Gasteiger partial charge in [0.25, 0.3) is 0 Å². The van der Waals surface area contributed by atoms with Gasteiger partial charge in [-0.05, 0) is 20.8 Å². The third-order valence-electron chi connectivity index (χ3n) is 3.09. The summed E-state index contributed by atoms with van der Waals surface area (Å²) >= 11 is 0. The van der Waals surface area contributed by atoms with Crippen molar-refractivity contribution in [2.24, 2.45) is 0 Å². The third-order valence-corrected chi connectivity index (χ3v) is 3.09. The molecule has 96 valence electrons. The van der Waals surface area contributed by atoms with Crippen LogP contribution in [0.15, 0.2) is 12.4 Å². The van der Waals surface area contributed by atoms with Gasteiger partial charge >= 0.3 is 0 Å². The van der Waals surface area contributed by atoms with E-state index in [1.807, 2.05) is 19.3 Å². The highest BCUT2D eigenvalue weighted by Gasteiger charge is 2.22. The second-order valence-electron chi connectivity index (χ2n) is 4.74. The van der Waals surface area contributed by atoms with E-state index < -0.39 is 0 Å². The minimum absolute atomic E-state index is 0. The lowest BCUT2D eigenvalue weighted by Crippen LogP contribution is -2.53. The minimum atomic E-state index is 0. The topological polar surface area (TPSA) is 41.1 Å². The maximum atomic E-state index is 4.41. The van der Waals surface area contributed by atoms with Gasteiger partial charge in [0.2, 0.25) is 0 Å². The fourth-order valence-corrected chi connectivity index (χ4v) is 2.03. The van der Waals surface area contributed by atoms with Crippen molar-refractivity contribution in [3.8, 4) is 0 Å². The maximum Gasteiger partial charge on any atom is 0.0727 e. The van der Waals surface area contributed by atoms with Gasteiger partial charge in [-0.15, -0.1) is 12.4 Å². The van der Waals surface area contributed by atoms with E-state index in [2.05, 4.69) is 34.0 Å². The lowest BCUT2D eigenvalue weighted by Gasteiger charge is -2.37. The van der Waals surface area contributed by atoms with Gasteiger partial charge in [0.15, 0.2) is 0 Å². The van der Waals surface area contributed by atoms with Crippen molar-refractivity contribution in [3.05, 3.63) is 23.8 Å². The second-order valence-corrected chi connectivity index (χ2v) is 4.74. The highest BCUT2D eigenvalue weighted by molar-refractivity contribution is 5.85. The number of nitrogens with one attached hydrogen (secondary N) is 1. The monoisotopic (exact) mass is 256 g/mol. The van der Waals surface area contributed by atoms with Gasteiger partial charge in [0.1, 0.15) is 0 Å². The second kappa shape index (κ2) is 6.28. The number of aryl methyl sites for hydroxylation is 1. The van der Waals surface area contributed by atoms with Crippen LogP contribution < -0.4 is 5.32 Å². The Morgan fingerprint density at radius 2 is 2.12 bits per heavy atom. The summed E-state index contributed by atoms with van der Waals surface area (Å²) in [4.78, 5) is 11.2. The predicted molar refractivity (Wildman–Crippen MR) is 71.4 cm³/mol. The molecule has 17 heavy (non-hydrogen) atoms. The van der Waals surface area contributed by atoms with E-state index in [1.54, 1.807) is 0 Å². The summed E-state index contributed by atoms with van der Waals surface area (Å²) < 4.78 is 0. The number of nitrogens with zero attached hydrogens (tertiary/aromatic N) is 3. The Kier molecular flexibility index (Phi) is 5.31.